The Hall–Kier alpha value is -1.55. The molecule has 4 nitrogen and oxygen atoms in total. The molecule has 1 saturated heterocycles. The van der Waals surface area contributed by atoms with E-state index < -0.39 is 11.7 Å². The van der Waals surface area contributed by atoms with Crippen LogP contribution in [0.2, 0.25) is 0 Å². The van der Waals surface area contributed by atoms with Gasteiger partial charge >= 0.3 is 6.09 Å². The Kier molecular flexibility index (Phi) is 4.28. The van der Waals surface area contributed by atoms with E-state index in [1.165, 1.54) is 0 Å². The summed E-state index contributed by atoms with van der Waals surface area (Å²) in [6.07, 6.45) is -0.956. The average Bonchev–Trinajstić information content (AvgIpc) is 2.62. The number of aliphatic hydroxyl groups is 1. The molecule has 116 valence electrons. The molecule has 1 N–H and O–H groups in total. The third-order valence-corrected chi connectivity index (χ3v) is 4.11. The predicted molar refractivity (Wildman–Crippen MR) is 81.9 cm³/mol. The topological polar surface area (TPSA) is 49.8 Å². The lowest BCUT2D eigenvalue weighted by atomic mass is 9.96. The van der Waals surface area contributed by atoms with Crippen molar-refractivity contribution in [2.45, 2.75) is 58.4 Å². The van der Waals surface area contributed by atoms with E-state index in [4.69, 9.17) is 4.74 Å². The van der Waals surface area contributed by atoms with Crippen LogP contribution in [0.4, 0.5) is 4.79 Å². The highest BCUT2D eigenvalue weighted by molar-refractivity contribution is 5.70. The van der Waals surface area contributed by atoms with Crippen molar-refractivity contribution in [2.75, 3.05) is 0 Å². The van der Waals surface area contributed by atoms with Crippen LogP contribution in [0.1, 0.15) is 46.2 Å². The zero-order chi connectivity index (χ0) is 15.8. The van der Waals surface area contributed by atoms with Gasteiger partial charge in [-0.05, 0) is 33.3 Å². The van der Waals surface area contributed by atoms with Crippen molar-refractivity contribution in [1.29, 1.82) is 0 Å². The van der Waals surface area contributed by atoms with Crippen LogP contribution in [0.5, 0.6) is 0 Å². The van der Waals surface area contributed by atoms with Crippen molar-refractivity contribution in [1.82, 2.24) is 4.90 Å². The Bertz CT molecular complexity index is 495. The summed E-state index contributed by atoms with van der Waals surface area (Å²) in [4.78, 5) is 14.2. The van der Waals surface area contributed by atoms with Gasteiger partial charge < -0.3 is 9.84 Å². The van der Waals surface area contributed by atoms with Crippen LogP contribution in [0.3, 0.4) is 0 Å². The van der Waals surface area contributed by atoms with Gasteiger partial charge in [-0.3, -0.25) is 4.90 Å². The number of carbonyl (C=O) groups is 1. The van der Waals surface area contributed by atoms with E-state index in [2.05, 4.69) is 0 Å². The second kappa shape index (κ2) is 5.68. The maximum atomic E-state index is 12.5. The van der Waals surface area contributed by atoms with Gasteiger partial charge in [-0.15, -0.1) is 0 Å². The van der Waals surface area contributed by atoms with Gasteiger partial charge in [0.05, 0.1) is 12.1 Å². The van der Waals surface area contributed by atoms with Gasteiger partial charge in [0.15, 0.2) is 0 Å². The van der Waals surface area contributed by atoms with E-state index in [0.717, 1.165) is 5.56 Å². The number of carbonyl (C=O) groups excluding carboxylic acids is 1. The Morgan fingerprint density at radius 3 is 2.29 bits per heavy atom. The number of hydrogen-bond donors (Lipinski definition) is 1. The summed E-state index contributed by atoms with van der Waals surface area (Å²) in [6.45, 7) is 9.48. The van der Waals surface area contributed by atoms with E-state index in [-0.39, 0.29) is 24.1 Å². The molecule has 0 aliphatic carbocycles. The summed E-state index contributed by atoms with van der Waals surface area (Å²) in [5.41, 5.74) is 0.390. The molecule has 0 bridgehead atoms. The van der Waals surface area contributed by atoms with Gasteiger partial charge in [-0.25, -0.2) is 4.79 Å². The molecular weight excluding hydrogens is 266 g/mol. The van der Waals surface area contributed by atoms with Crippen LogP contribution in [0, 0.1) is 5.92 Å². The number of likely N-dealkylation sites (tertiary alicyclic amines) is 1. The summed E-state index contributed by atoms with van der Waals surface area (Å²) >= 11 is 0. The number of nitrogens with zero attached hydrogens (tertiary/aromatic N) is 1. The monoisotopic (exact) mass is 291 g/mol. The van der Waals surface area contributed by atoms with Crippen LogP contribution in [-0.4, -0.2) is 33.8 Å². The quantitative estimate of drug-likeness (QED) is 0.863. The first-order chi connectivity index (χ1) is 9.72. The highest BCUT2D eigenvalue weighted by Gasteiger charge is 2.48. The van der Waals surface area contributed by atoms with Crippen LogP contribution < -0.4 is 0 Å². The van der Waals surface area contributed by atoms with Crippen LogP contribution in [0.25, 0.3) is 0 Å². The minimum atomic E-state index is -0.588. The molecule has 0 spiro atoms. The lowest BCUT2D eigenvalue weighted by molar-refractivity contribution is 0.00953. The van der Waals surface area contributed by atoms with Crippen LogP contribution >= 0.6 is 0 Å². The molecule has 0 radical (unpaired) electrons. The number of amides is 1. The molecule has 21 heavy (non-hydrogen) atoms. The fourth-order valence-electron chi connectivity index (χ4n) is 2.85. The highest BCUT2D eigenvalue weighted by atomic mass is 16.6. The Morgan fingerprint density at radius 1 is 1.19 bits per heavy atom. The lowest BCUT2D eigenvalue weighted by Gasteiger charge is -2.32. The summed E-state index contributed by atoms with van der Waals surface area (Å²) in [6, 6.07) is 9.22. The van der Waals surface area contributed by atoms with Crippen LogP contribution in [0.15, 0.2) is 30.3 Å². The van der Waals surface area contributed by atoms with Gasteiger partial charge in [-0.1, -0.05) is 37.3 Å². The fraction of sp³-hybridized carbons (Fsp3) is 0.588. The van der Waals surface area contributed by atoms with Crippen molar-refractivity contribution in [3.8, 4) is 0 Å². The van der Waals surface area contributed by atoms with E-state index in [1.807, 2.05) is 65.0 Å². The Morgan fingerprint density at radius 2 is 1.76 bits per heavy atom. The molecule has 1 amide bonds. The summed E-state index contributed by atoms with van der Waals surface area (Å²) in [5.74, 6) is 0.00252. The Labute approximate surface area is 126 Å². The minimum absolute atomic E-state index is 0.00252. The van der Waals surface area contributed by atoms with Gasteiger partial charge in [-0.2, -0.15) is 0 Å². The molecule has 0 unspecified atom stereocenters. The number of benzene rings is 1. The largest absolute Gasteiger partial charge is 0.444 e. The van der Waals surface area contributed by atoms with Crippen molar-refractivity contribution in [3.05, 3.63) is 35.9 Å². The van der Waals surface area contributed by atoms with Crippen molar-refractivity contribution >= 4 is 6.09 Å². The molecule has 0 aromatic heterocycles. The molecule has 2 rings (SSSR count). The van der Waals surface area contributed by atoms with Gasteiger partial charge in [0, 0.05) is 12.0 Å². The first-order valence-corrected chi connectivity index (χ1v) is 7.46. The average molecular weight is 291 g/mol. The fourth-order valence-corrected chi connectivity index (χ4v) is 2.85. The third-order valence-electron chi connectivity index (χ3n) is 4.11. The van der Waals surface area contributed by atoms with Gasteiger partial charge in [0.1, 0.15) is 5.60 Å². The summed E-state index contributed by atoms with van der Waals surface area (Å²) < 4.78 is 5.52. The lowest BCUT2D eigenvalue weighted by Crippen LogP contribution is -2.41. The van der Waals surface area contributed by atoms with E-state index in [9.17, 15) is 9.90 Å². The molecule has 0 saturated carbocycles. The molecule has 4 heteroatoms. The zero-order valence-corrected chi connectivity index (χ0v) is 13.4. The van der Waals surface area contributed by atoms with E-state index >= 15 is 0 Å². The number of ether oxygens (including phenoxy) is 1. The normalized spacial score (nSPS) is 29.5. The smallest absolute Gasteiger partial charge is 0.411 e. The SMILES string of the molecule is C[C@@H]1[C@H](O)[C@@H](c2ccccc2)N(C(=O)OC(C)(C)C)[C@H]1C. The number of rotatable bonds is 1. The molecule has 1 heterocycles. The highest BCUT2D eigenvalue weighted by Crippen LogP contribution is 2.40. The molecule has 1 aromatic carbocycles. The maximum Gasteiger partial charge on any atom is 0.411 e. The Balaban J connectivity index is 2.33. The minimum Gasteiger partial charge on any atom is -0.444 e. The molecule has 1 aromatic rings. The van der Waals surface area contributed by atoms with Crippen molar-refractivity contribution < 1.29 is 14.6 Å². The zero-order valence-electron chi connectivity index (χ0n) is 13.4. The molecule has 1 aliphatic rings. The van der Waals surface area contributed by atoms with Crippen molar-refractivity contribution in [2.24, 2.45) is 5.92 Å². The van der Waals surface area contributed by atoms with Gasteiger partial charge in [0.25, 0.3) is 0 Å². The van der Waals surface area contributed by atoms with Gasteiger partial charge in [0.2, 0.25) is 0 Å². The van der Waals surface area contributed by atoms with E-state index in [0.29, 0.717) is 0 Å². The first kappa shape index (κ1) is 15.8. The number of hydrogen-bond acceptors (Lipinski definition) is 3. The maximum absolute atomic E-state index is 12.5. The molecule has 1 aliphatic heterocycles. The third kappa shape index (κ3) is 3.21. The van der Waals surface area contributed by atoms with Crippen molar-refractivity contribution in [3.63, 3.8) is 0 Å². The second-order valence-electron chi connectivity index (χ2n) is 6.83. The molecule has 1 fully saturated rings. The number of aliphatic hydroxyl groups excluding tert-OH is 1. The summed E-state index contributed by atoms with van der Waals surface area (Å²) in [5, 5.41) is 10.5. The first-order valence-electron chi connectivity index (χ1n) is 7.46. The predicted octanol–water partition coefficient (Wildman–Crippen LogP) is 3.36. The molecule has 4 atom stereocenters. The van der Waals surface area contributed by atoms with E-state index in [1.54, 1.807) is 4.90 Å². The molecular formula is C17H25NO3. The summed E-state index contributed by atoms with van der Waals surface area (Å²) in [7, 11) is 0. The second-order valence-corrected chi connectivity index (χ2v) is 6.83. The standard InChI is InChI=1S/C17H25NO3/c1-11-12(2)18(16(20)21-17(3,4)5)14(15(11)19)13-9-7-6-8-10-13/h6-12,14-15,19H,1-5H3/t11-,12-,14+,15-/m0/s1. The van der Waals surface area contributed by atoms with Crippen LogP contribution in [-0.2, 0) is 4.74 Å².